The summed E-state index contributed by atoms with van der Waals surface area (Å²) in [4.78, 5) is 0. The van der Waals surface area contributed by atoms with E-state index in [9.17, 15) is 0 Å². The van der Waals surface area contributed by atoms with Crippen LogP contribution in [-0.4, -0.2) is 0 Å². The molecule has 0 aromatic carbocycles. The van der Waals surface area contributed by atoms with Gasteiger partial charge in [0.15, 0.2) is 0 Å². The zero-order valence-corrected chi connectivity index (χ0v) is 11.3. The van der Waals surface area contributed by atoms with Gasteiger partial charge in [-0.3, -0.25) is 0 Å². The molecule has 0 aromatic rings. The second kappa shape index (κ2) is 29.8. The number of rotatable bonds is 2. The Morgan fingerprint density at radius 3 is 1.69 bits per heavy atom. The van der Waals surface area contributed by atoms with Crippen LogP contribution >= 0.6 is 0 Å². The van der Waals surface area contributed by atoms with E-state index < -0.39 is 0 Å². The fourth-order valence-electron chi connectivity index (χ4n) is 0.283. The quantitative estimate of drug-likeness (QED) is 0.471. The number of hydrogen-bond donors (Lipinski definition) is 0. The average molecular weight is 218 g/mol. The first-order valence-corrected chi connectivity index (χ1v) is 4.61. The topological polar surface area (TPSA) is 0 Å². The van der Waals surface area contributed by atoms with Gasteiger partial charge in [-0.25, -0.2) is 0 Å². The molecule has 0 nitrogen and oxygen atoms in total. The number of allylic oxidation sites excluding steroid dienone is 5. The van der Waals surface area contributed by atoms with Gasteiger partial charge in [-0.1, -0.05) is 41.5 Å². The summed E-state index contributed by atoms with van der Waals surface area (Å²) >= 11 is 0. The third-order valence-corrected chi connectivity index (χ3v) is 0.631. The maximum Gasteiger partial charge on any atom is 0 e. The molecule has 0 N–H and O–H groups in total. The van der Waals surface area contributed by atoms with Gasteiger partial charge in [-0.05, 0) is 0 Å². The Balaban J connectivity index is -0.0000000712. The molecule has 0 aliphatic carbocycles. The molecule has 1 radical (unpaired) electrons. The number of hydrogen-bond acceptors (Lipinski definition) is 0. The third-order valence-electron chi connectivity index (χ3n) is 0.631. The van der Waals surface area contributed by atoms with E-state index in [1.165, 1.54) is 5.57 Å². The Kier molecular flexibility index (Phi) is 52.7. The standard InChI is InChI=1S/C8H11.2C2H6.V/c1-4-5-6-7-8(2)3;2*1-2;/h4,6-7H,1H2,2-3H3;2*1-2H3;/q-1;;;. The van der Waals surface area contributed by atoms with Crippen molar-refractivity contribution in [1.29, 1.82) is 0 Å². The van der Waals surface area contributed by atoms with Crippen molar-refractivity contribution in [2.75, 3.05) is 0 Å². The van der Waals surface area contributed by atoms with Crippen LogP contribution in [0.1, 0.15) is 41.5 Å². The molecule has 0 fully saturated rings. The molecule has 0 unspecified atom stereocenters. The van der Waals surface area contributed by atoms with Crippen LogP contribution in [0.3, 0.4) is 0 Å². The molecule has 0 aromatic heterocycles. The molecule has 0 saturated heterocycles. The fraction of sp³-hybridized carbons (Fsp3) is 0.500. The van der Waals surface area contributed by atoms with Gasteiger partial charge in [0.1, 0.15) is 0 Å². The minimum absolute atomic E-state index is 0. The maximum atomic E-state index is 3.49. The first-order valence-electron chi connectivity index (χ1n) is 4.61. The first kappa shape index (κ1) is 23.0. The van der Waals surface area contributed by atoms with Crippen molar-refractivity contribution < 1.29 is 18.6 Å². The molecule has 0 amide bonds. The van der Waals surface area contributed by atoms with Crippen LogP contribution in [0.4, 0.5) is 0 Å². The van der Waals surface area contributed by atoms with E-state index in [-0.39, 0.29) is 18.6 Å². The van der Waals surface area contributed by atoms with Crippen molar-refractivity contribution in [1.82, 2.24) is 0 Å². The summed E-state index contributed by atoms with van der Waals surface area (Å²) in [5.41, 5.74) is 1.28. The average Bonchev–Trinajstić information content (AvgIpc) is 2.12. The monoisotopic (exact) mass is 218 g/mol. The molecular weight excluding hydrogens is 195 g/mol. The molecule has 13 heavy (non-hydrogen) atoms. The summed E-state index contributed by atoms with van der Waals surface area (Å²) < 4.78 is 0. The second-order valence-electron chi connectivity index (χ2n) is 1.78. The van der Waals surface area contributed by atoms with Gasteiger partial charge in [0, 0.05) is 18.6 Å². The van der Waals surface area contributed by atoms with Crippen LogP contribution in [0, 0.1) is 6.08 Å². The minimum Gasteiger partial charge on any atom is -0.194 e. The third kappa shape index (κ3) is 49.2. The van der Waals surface area contributed by atoms with Gasteiger partial charge in [0.05, 0.1) is 0 Å². The van der Waals surface area contributed by atoms with Crippen molar-refractivity contribution >= 4 is 0 Å². The van der Waals surface area contributed by atoms with E-state index in [0.717, 1.165) is 0 Å². The van der Waals surface area contributed by atoms with E-state index in [1.807, 2.05) is 53.7 Å². The Morgan fingerprint density at radius 2 is 1.46 bits per heavy atom. The van der Waals surface area contributed by atoms with E-state index in [1.54, 1.807) is 6.08 Å². The summed E-state index contributed by atoms with van der Waals surface area (Å²) in [6, 6.07) is 0. The van der Waals surface area contributed by atoms with E-state index in [0.29, 0.717) is 0 Å². The zero-order chi connectivity index (χ0) is 10.4. The van der Waals surface area contributed by atoms with Crippen LogP contribution in [0.2, 0.25) is 0 Å². The smallest absolute Gasteiger partial charge is 0 e. The Labute approximate surface area is 96.7 Å². The van der Waals surface area contributed by atoms with Gasteiger partial charge in [-0.2, -0.15) is 30.9 Å². The maximum absolute atomic E-state index is 3.49. The summed E-state index contributed by atoms with van der Waals surface area (Å²) in [5.74, 6) is 0. The Hall–Kier alpha value is -0.196. The molecule has 0 heterocycles. The molecule has 1 heteroatoms. The fourth-order valence-corrected chi connectivity index (χ4v) is 0.283. The van der Waals surface area contributed by atoms with Gasteiger partial charge in [0.2, 0.25) is 0 Å². The van der Waals surface area contributed by atoms with Crippen molar-refractivity contribution in [3.63, 3.8) is 0 Å². The summed E-state index contributed by atoms with van der Waals surface area (Å²) in [5, 5.41) is 0. The molecule has 0 spiro atoms. The molecule has 0 aliphatic rings. The minimum atomic E-state index is 0. The molecule has 0 bridgehead atoms. The second-order valence-corrected chi connectivity index (χ2v) is 1.78. The SMILES string of the molecule is C=C[C-]=CC=C(C)C.CC.CC.[V]. The summed E-state index contributed by atoms with van der Waals surface area (Å²) in [7, 11) is 0. The van der Waals surface area contributed by atoms with Gasteiger partial charge >= 0.3 is 0 Å². The van der Waals surface area contributed by atoms with Crippen molar-refractivity contribution in [3.8, 4) is 0 Å². The van der Waals surface area contributed by atoms with Gasteiger partial charge < -0.3 is 0 Å². The summed E-state index contributed by atoms with van der Waals surface area (Å²) in [6.07, 6.45) is 8.32. The van der Waals surface area contributed by atoms with Crippen molar-refractivity contribution in [3.05, 3.63) is 36.5 Å². The van der Waals surface area contributed by atoms with Crippen LogP contribution in [0.15, 0.2) is 30.4 Å². The molecule has 0 rings (SSSR count). The normalized spacial score (nSPS) is 6.62. The molecule has 0 saturated carbocycles. The Morgan fingerprint density at radius 1 is 1.08 bits per heavy atom. The predicted molar refractivity (Wildman–Crippen MR) is 60.1 cm³/mol. The predicted octanol–water partition coefficient (Wildman–Crippen LogP) is 4.55. The Bertz CT molecular complexity index is 117. The zero-order valence-electron chi connectivity index (χ0n) is 9.89. The van der Waals surface area contributed by atoms with Crippen LogP contribution < -0.4 is 0 Å². The van der Waals surface area contributed by atoms with Crippen LogP contribution in [0.5, 0.6) is 0 Å². The molecule has 0 aliphatic heterocycles. The van der Waals surface area contributed by atoms with Crippen LogP contribution in [-0.2, 0) is 18.6 Å². The summed E-state index contributed by atoms with van der Waals surface area (Å²) in [6.45, 7) is 15.6. The van der Waals surface area contributed by atoms with Gasteiger partial charge in [-0.15, -0.1) is 5.57 Å². The first-order chi connectivity index (χ1) is 5.77. The van der Waals surface area contributed by atoms with Crippen LogP contribution in [0.25, 0.3) is 0 Å². The van der Waals surface area contributed by atoms with Crippen molar-refractivity contribution in [2.45, 2.75) is 41.5 Å². The molecular formula is C12H23V-. The molecule has 0 atom stereocenters. The van der Waals surface area contributed by atoms with Gasteiger partial charge in [0.25, 0.3) is 0 Å². The van der Waals surface area contributed by atoms with E-state index >= 15 is 0 Å². The molecule has 77 valence electrons. The van der Waals surface area contributed by atoms with E-state index in [2.05, 4.69) is 12.7 Å². The largest absolute Gasteiger partial charge is 0.194 e. The van der Waals surface area contributed by atoms with E-state index in [4.69, 9.17) is 0 Å². The van der Waals surface area contributed by atoms with Crippen molar-refractivity contribution in [2.24, 2.45) is 0 Å².